The summed E-state index contributed by atoms with van der Waals surface area (Å²) in [5, 5.41) is 2.77. The molecule has 20 heavy (non-hydrogen) atoms. The first-order valence-corrected chi connectivity index (χ1v) is 7.19. The van der Waals surface area contributed by atoms with E-state index in [0.29, 0.717) is 11.3 Å². The summed E-state index contributed by atoms with van der Waals surface area (Å²) in [4.78, 5) is 25.8. The SMILES string of the molecule is O=C1CN(C(=O)c2ccc(I)cc2)c2ccccc2N1. The summed E-state index contributed by atoms with van der Waals surface area (Å²) in [7, 11) is 0. The van der Waals surface area contributed by atoms with Crippen LogP contribution in [0.2, 0.25) is 0 Å². The highest BCUT2D eigenvalue weighted by atomic mass is 127. The maximum absolute atomic E-state index is 12.6. The van der Waals surface area contributed by atoms with Gasteiger partial charge in [-0.05, 0) is 59.0 Å². The lowest BCUT2D eigenvalue weighted by atomic mass is 10.1. The van der Waals surface area contributed by atoms with Crippen LogP contribution in [0.25, 0.3) is 0 Å². The Hall–Kier alpha value is -1.89. The lowest BCUT2D eigenvalue weighted by Gasteiger charge is -2.29. The molecule has 2 aromatic rings. The molecule has 0 saturated carbocycles. The molecule has 1 N–H and O–H groups in total. The Morgan fingerprint density at radius 1 is 1.10 bits per heavy atom. The first-order chi connectivity index (χ1) is 9.65. The van der Waals surface area contributed by atoms with Crippen molar-refractivity contribution in [2.75, 3.05) is 16.8 Å². The largest absolute Gasteiger partial charge is 0.323 e. The van der Waals surface area contributed by atoms with Crippen LogP contribution in [0, 0.1) is 3.57 Å². The van der Waals surface area contributed by atoms with Crippen LogP contribution in [-0.2, 0) is 4.79 Å². The van der Waals surface area contributed by atoms with Crippen molar-refractivity contribution < 1.29 is 9.59 Å². The minimum Gasteiger partial charge on any atom is -0.323 e. The van der Waals surface area contributed by atoms with Gasteiger partial charge in [0, 0.05) is 9.13 Å². The summed E-state index contributed by atoms with van der Waals surface area (Å²) in [5.41, 5.74) is 1.98. The van der Waals surface area contributed by atoms with E-state index in [-0.39, 0.29) is 18.4 Å². The summed E-state index contributed by atoms with van der Waals surface area (Å²) in [6, 6.07) is 14.6. The number of rotatable bonds is 1. The van der Waals surface area contributed by atoms with Gasteiger partial charge in [-0.25, -0.2) is 0 Å². The number of carbonyl (C=O) groups is 2. The van der Waals surface area contributed by atoms with Crippen LogP contribution in [0.1, 0.15) is 10.4 Å². The van der Waals surface area contributed by atoms with E-state index in [0.717, 1.165) is 9.26 Å². The summed E-state index contributed by atoms with van der Waals surface area (Å²) in [6.07, 6.45) is 0. The minimum atomic E-state index is -0.178. The zero-order chi connectivity index (χ0) is 14.1. The van der Waals surface area contributed by atoms with E-state index in [1.807, 2.05) is 30.3 Å². The third kappa shape index (κ3) is 2.40. The number of carbonyl (C=O) groups excluding carboxylic acids is 2. The number of nitrogens with zero attached hydrogens (tertiary/aromatic N) is 1. The monoisotopic (exact) mass is 378 g/mol. The van der Waals surface area contributed by atoms with Crippen LogP contribution in [0.3, 0.4) is 0 Å². The number of anilines is 2. The van der Waals surface area contributed by atoms with Crippen LogP contribution in [0.15, 0.2) is 48.5 Å². The van der Waals surface area contributed by atoms with E-state index in [4.69, 9.17) is 0 Å². The van der Waals surface area contributed by atoms with Gasteiger partial charge in [0.05, 0.1) is 11.4 Å². The number of hydrogen-bond donors (Lipinski definition) is 1. The molecule has 0 spiro atoms. The topological polar surface area (TPSA) is 49.4 Å². The first kappa shape index (κ1) is 13.1. The summed E-state index contributed by atoms with van der Waals surface area (Å²) >= 11 is 2.19. The van der Waals surface area contributed by atoms with E-state index in [1.54, 1.807) is 18.2 Å². The standard InChI is InChI=1S/C15H11IN2O2/c16-11-7-5-10(6-8-11)15(20)18-9-14(19)17-12-3-1-2-4-13(12)18/h1-8H,9H2,(H,17,19). The van der Waals surface area contributed by atoms with Gasteiger partial charge < -0.3 is 5.32 Å². The Morgan fingerprint density at radius 2 is 1.80 bits per heavy atom. The molecule has 1 aliphatic heterocycles. The van der Waals surface area contributed by atoms with Crippen molar-refractivity contribution in [3.63, 3.8) is 0 Å². The lowest BCUT2D eigenvalue weighted by Crippen LogP contribution is -2.42. The second-order valence-electron chi connectivity index (χ2n) is 4.46. The molecule has 1 aliphatic rings. The number of fused-ring (bicyclic) bond motifs is 1. The zero-order valence-corrected chi connectivity index (χ0v) is 12.6. The molecule has 0 aliphatic carbocycles. The number of amides is 2. The highest BCUT2D eigenvalue weighted by molar-refractivity contribution is 14.1. The summed E-state index contributed by atoms with van der Waals surface area (Å²) in [5.74, 6) is -0.341. The predicted molar refractivity (Wildman–Crippen MR) is 85.9 cm³/mol. The Morgan fingerprint density at radius 3 is 2.55 bits per heavy atom. The van der Waals surface area contributed by atoms with Gasteiger partial charge in [-0.1, -0.05) is 12.1 Å². The molecule has 0 fully saturated rings. The molecule has 5 heteroatoms. The molecule has 0 saturated heterocycles. The number of hydrogen-bond acceptors (Lipinski definition) is 2. The van der Waals surface area contributed by atoms with Gasteiger partial charge in [-0.2, -0.15) is 0 Å². The molecule has 3 rings (SSSR count). The highest BCUT2D eigenvalue weighted by Crippen LogP contribution is 2.30. The van der Waals surface area contributed by atoms with Gasteiger partial charge in [-0.15, -0.1) is 0 Å². The molecular weight excluding hydrogens is 367 g/mol. The van der Waals surface area contributed by atoms with E-state index in [9.17, 15) is 9.59 Å². The Labute approximate surface area is 129 Å². The number of para-hydroxylation sites is 2. The van der Waals surface area contributed by atoms with E-state index < -0.39 is 0 Å². The minimum absolute atomic E-state index is 0.0435. The lowest BCUT2D eigenvalue weighted by molar-refractivity contribution is -0.115. The Bertz CT molecular complexity index is 683. The zero-order valence-electron chi connectivity index (χ0n) is 10.5. The molecule has 2 aromatic carbocycles. The van der Waals surface area contributed by atoms with Crippen molar-refractivity contribution in [1.29, 1.82) is 0 Å². The van der Waals surface area contributed by atoms with Crippen molar-refractivity contribution in [3.05, 3.63) is 57.7 Å². The van der Waals surface area contributed by atoms with Gasteiger partial charge in [0.2, 0.25) is 5.91 Å². The maximum atomic E-state index is 12.6. The van der Waals surface area contributed by atoms with Crippen molar-refractivity contribution in [3.8, 4) is 0 Å². The Kier molecular flexibility index (Phi) is 3.43. The van der Waals surface area contributed by atoms with Crippen LogP contribution >= 0.6 is 22.6 Å². The molecule has 0 aromatic heterocycles. The fraction of sp³-hybridized carbons (Fsp3) is 0.0667. The average molecular weight is 378 g/mol. The van der Waals surface area contributed by atoms with Crippen molar-refractivity contribution >= 4 is 45.8 Å². The molecular formula is C15H11IN2O2. The summed E-state index contributed by atoms with van der Waals surface area (Å²) in [6.45, 7) is 0.0435. The van der Waals surface area contributed by atoms with Crippen molar-refractivity contribution in [2.24, 2.45) is 0 Å². The van der Waals surface area contributed by atoms with E-state index in [2.05, 4.69) is 27.9 Å². The van der Waals surface area contributed by atoms with Crippen LogP contribution in [0.4, 0.5) is 11.4 Å². The second-order valence-corrected chi connectivity index (χ2v) is 5.71. The van der Waals surface area contributed by atoms with E-state index in [1.165, 1.54) is 4.90 Å². The first-order valence-electron chi connectivity index (χ1n) is 6.11. The Balaban J connectivity index is 1.99. The third-order valence-corrected chi connectivity index (χ3v) is 3.83. The quantitative estimate of drug-likeness (QED) is 0.776. The van der Waals surface area contributed by atoms with Gasteiger partial charge in [-0.3, -0.25) is 14.5 Å². The second kappa shape index (κ2) is 5.24. The van der Waals surface area contributed by atoms with Crippen molar-refractivity contribution in [1.82, 2.24) is 0 Å². The number of nitrogens with one attached hydrogen (secondary N) is 1. The third-order valence-electron chi connectivity index (χ3n) is 3.11. The average Bonchev–Trinajstić information content (AvgIpc) is 2.46. The maximum Gasteiger partial charge on any atom is 0.258 e. The van der Waals surface area contributed by atoms with Gasteiger partial charge in [0.25, 0.3) is 5.91 Å². The van der Waals surface area contributed by atoms with Gasteiger partial charge in [0.1, 0.15) is 6.54 Å². The van der Waals surface area contributed by atoms with Gasteiger partial charge >= 0.3 is 0 Å². The van der Waals surface area contributed by atoms with Crippen LogP contribution in [-0.4, -0.2) is 18.4 Å². The molecule has 4 nitrogen and oxygen atoms in total. The molecule has 2 amide bonds. The fourth-order valence-corrected chi connectivity index (χ4v) is 2.52. The highest BCUT2D eigenvalue weighted by Gasteiger charge is 2.27. The summed E-state index contributed by atoms with van der Waals surface area (Å²) < 4.78 is 1.07. The molecule has 0 bridgehead atoms. The fourth-order valence-electron chi connectivity index (χ4n) is 2.16. The molecule has 1 heterocycles. The number of benzene rings is 2. The van der Waals surface area contributed by atoms with E-state index >= 15 is 0 Å². The smallest absolute Gasteiger partial charge is 0.258 e. The molecule has 0 unspecified atom stereocenters. The number of halogens is 1. The van der Waals surface area contributed by atoms with Crippen LogP contribution < -0.4 is 10.2 Å². The molecule has 0 radical (unpaired) electrons. The predicted octanol–water partition coefficient (Wildman–Crippen LogP) is 2.89. The normalized spacial score (nSPS) is 13.7. The van der Waals surface area contributed by atoms with Gasteiger partial charge in [0.15, 0.2) is 0 Å². The van der Waals surface area contributed by atoms with Crippen LogP contribution in [0.5, 0.6) is 0 Å². The molecule has 100 valence electrons. The molecule has 0 atom stereocenters. The van der Waals surface area contributed by atoms with Crippen molar-refractivity contribution in [2.45, 2.75) is 0 Å².